The summed E-state index contributed by atoms with van der Waals surface area (Å²) in [6, 6.07) is 1.53. The number of rotatable bonds is 3. The van der Waals surface area contributed by atoms with Crippen LogP contribution in [0.2, 0.25) is 0 Å². The standard InChI is InChI=1S/C12H8F2N2O2S/c1-6-4-15-12(16-5-6)19-10-8(13)2-7(11(17)18)3-9(10)14/h2-5H,1H3,(H,17,18). The van der Waals surface area contributed by atoms with E-state index in [-0.39, 0.29) is 10.1 Å². The number of hydrogen-bond donors (Lipinski definition) is 1. The van der Waals surface area contributed by atoms with Gasteiger partial charge in [-0.2, -0.15) is 0 Å². The number of nitrogens with zero attached hydrogens (tertiary/aromatic N) is 2. The zero-order chi connectivity index (χ0) is 14.0. The molecule has 0 unspecified atom stereocenters. The molecule has 0 saturated heterocycles. The van der Waals surface area contributed by atoms with Crippen LogP contribution in [-0.4, -0.2) is 21.0 Å². The Morgan fingerprint density at radius 1 is 1.21 bits per heavy atom. The van der Waals surface area contributed by atoms with Crippen LogP contribution < -0.4 is 0 Å². The van der Waals surface area contributed by atoms with Crippen LogP contribution in [0.5, 0.6) is 0 Å². The fourth-order valence-electron chi connectivity index (χ4n) is 1.31. The van der Waals surface area contributed by atoms with Gasteiger partial charge in [0, 0.05) is 12.4 Å². The average Bonchev–Trinajstić information content (AvgIpc) is 2.35. The minimum absolute atomic E-state index is 0.187. The van der Waals surface area contributed by atoms with Crippen molar-refractivity contribution in [3.05, 3.63) is 47.3 Å². The highest BCUT2D eigenvalue weighted by atomic mass is 32.2. The molecule has 1 N–H and O–H groups in total. The van der Waals surface area contributed by atoms with Gasteiger partial charge in [0.25, 0.3) is 0 Å². The number of carboxylic acids is 1. The second-order valence-electron chi connectivity index (χ2n) is 3.72. The Balaban J connectivity index is 2.35. The zero-order valence-electron chi connectivity index (χ0n) is 9.72. The van der Waals surface area contributed by atoms with Gasteiger partial charge in [-0.1, -0.05) is 0 Å². The first-order valence-electron chi connectivity index (χ1n) is 5.16. The van der Waals surface area contributed by atoms with Crippen LogP contribution in [0, 0.1) is 18.6 Å². The molecule has 98 valence electrons. The highest BCUT2D eigenvalue weighted by Gasteiger charge is 2.16. The Morgan fingerprint density at radius 3 is 2.21 bits per heavy atom. The Labute approximate surface area is 111 Å². The maximum Gasteiger partial charge on any atom is 0.335 e. The summed E-state index contributed by atoms with van der Waals surface area (Å²) >= 11 is 0.705. The van der Waals surface area contributed by atoms with Crippen LogP contribution in [0.15, 0.2) is 34.6 Å². The summed E-state index contributed by atoms with van der Waals surface area (Å²) in [5.74, 6) is -3.29. The number of halogens is 2. The number of aromatic carboxylic acids is 1. The van der Waals surface area contributed by atoms with Crippen molar-refractivity contribution in [1.82, 2.24) is 9.97 Å². The van der Waals surface area contributed by atoms with Gasteiger partial charge in [-0.15, -0.1) is 0 Å². The van der Waals surface area contributed by atoms with Crippen LogP contribution >= 0.6 is 11.8 Å². The maximum absolute atomic E-state index is 13.7. The van der Waals surface area contributed by atoms with E-state index in [1.807, 2.05) is 0 Å². The average molecular weight is 282 g/mol. The number of carboxylic acid groups (broad SMARTS) is 1. The van der Waals surface area contributed by atoms with E-state index in [9.17, 15) is 13.6 Å². The fourth-order valence-corrected chi connectivity index (χ4v) is 2.01. The first-order chi connectivity index (χ1) is 8.97. The Morgan fingerprint density at radius 2 is 1.74 bits per heavy atom. The van der Waals surface area contributed by atoms with Crippen molar-refractivity contribution >= 4 is 17.7 Å². The van der Waals surface area contributed by atoms with Crippen molar-refractivity contribution < 1.29 is 18.7 Å². The predicted molar refractivity (Wildman–Crippen MR) is 64.2 cm³/mol. The van der Waals surface area contributed by atoms with E-state index in [4.69, 9.17) is 5.11 Å². The van der Waals surface area contributed by atoms with Gasteiger partial charge in [-0.25, -0.2) is 23.5 Å². The number of hydrogen-bond acceptors (Lipinski definition) is 4. The topological polar surface area (TPSA) is 63.1 Å². The molecule has 7 heteroatoms. The molecule has 0 aliphatic carbocycles. The molecule has 0 spiro atoms. The van der Waals surface area contributed by atoms with Crippen molar-refractivity contribution in [3.8, 4) is 0 Å². The summed E-state index contributed by atoms with van der Waals surface area (Å²) < 4.78 is 27.3. The van der Waals surface area contributed by atoms with E-state index in [0.717, 1.165) is 17.7 Å². The normalized spacial score (nSPS) is 10.5. The van der Waals surface area contributed by atoms with Crippen LogP contribution in [0.1, 0.15) is 15.9 Å². The summed E-state index contributed by atoms with van der Waals surface area (Å²) in [4.78, 5) is 18.2. The fraction of sp³-hybridized carbons (Fsp3) is 0.0833. The van der Waals surface area contributed by atoms with Gasteiger partial charge in [-0.3, -0.25) is 0 Å². The Bertz CT molecular complexity index is 609. The van der Waals surface area contributed by atoms with E-state index in [1.165, 1.54) is 12.4 Å². The predicted octanol–water partition coefficient (Wildman–Crippen LogP) is 2.91. The number of carbonyl (C=O) groups is 1. The lowest BCUT2D eigenvalue weighted by Crippen LogP contribution is -2.00. The van der Waals surface area contributed by atoms with E-state index >= 15 is 0 Å². The second-order valence-corrected chi connectivity index (χ2v) is 4.70. The quantitative estimate of drug-likeness (QED) is 0.877. The molecule has 0 radical (unpaired) electrons. The molecule has 0 aliphatic heterocycles. The van der Waals surface area contributed by atoms with Crippen LogP contribution in [-0.2, 0) is 0 Å². The minimum atomic E-state index is -1.39. The number of benzene rings is 1. The van der Waals surface area contributed by atoms with E-state index in [2.05, 4.69) is 9.97 Å². The molecule has 4 nitrogen and oxygen atoms in total. The summed E-state index contributed by atoms with van der Waals surface area (Å²) in [5, 5.41) is 8.87. The van der Waals surface area contributed by atoms with Gasteiger partial charge < -0.3 is 5.11 Å². The molecule has 1 aromatic heterocycles. The van der Waals surface area contributed by atoms with E-state index in [0.29, 0.717) is 11.8 Å². The molecule has 1 heterocycles. The van der Waals surface area contributed by atoms with Crippen LogP contribution in [0.4, 0.5) is 8.78 Å². The lowest BCUT2D eigenvalue weighted by molar-refractivity contribution is 0.0695. The highest BCUT2D eigenvalue weighted by Crippen LogP contribution is 2.30. The number of aryl methyl sites for hydroxylation is 1. The smallest absolute Gasteiger partial charge is 0.335 e. The minimum Gasteiger partial charge on any atom is -0.478 e. The van der Waals surface area contributed by atoms with Gasteiger partial charge in [0.1, 0.15) is 11.6 Å². The SMILES string of the molecule is Cc1cnc(Sc2c(F)cc(C(=O)O)cc2F)nc1. The molecule has 0 saturated carbocycles. The first kappa shape index (κ1) is 13.4. The number of aromatic nitrogens is 2. The molecule has 0 bridgehead atoms. The second kappa shape index (κ2) is 5.31. The monoisotopic (exact) mass is 282 g/mol. The summed E-state index contributed by atoms with van der Waals surface area (Å²) in [5.41, 5.74) is 0.385. The van der Waals surface area contributed by atoms with Crippen molar-refractivity contribution in [2.45, 2.75) is 17.0 Å². The van der Waals surface area contributed by atoms with E-state index < -0.39 is 23.2 Å². The zero-order valence-corrected chi connectivity index (χ0v) is 10.5. The van der Waals surface area contributed by atoms with Crippen LogP contribution in [0.3, 0.4) is 0 Å². The molecule has 19 heavy (non-hydrogen) atoms. The van der Waals surface area contributed by atoms with Gasteiger partial charge in [0.2, 0.25) is 0 Å². The van der Waals surface area contributed by atoms with Gasteiger partial charge >= 0.3 is 5.97 Å². The Hall–Kier alpha value is -2.02. The van der Waals surface area contributed by atoms with Crippen molar-refractivity contribution in [3.63, 3.8) is 0 Å². The molecule has 0 aliphatic rings. The molecule has 0 atom stereocenters. The summed E-state index contributed by atoms with van der Waals surface area (Å²) in [6.45, 7) is 1.79. The van der Waals surface area contributed by atoms with Crippen molar-refractivity contribution in [1.29, 1.82) is 0 Å². The molecule has 0 amide bonds. The summed E-state index contributed by atoms with van der Waals surface area (Å²) in [6.07, 6.45) is 3.05. The van der Waals surface area contributed by atoms with Gasteiger partial charge in [0.05, 0.1) is 10.5 Å². The lowest BCUT2D eigenvalue weighted by atomic mass is 10.2. The summed E-state index contributed by atoms with van der Waals surface area (Å²) in [7, 11) is 0. The van der Waals surface area contributed by atoms with Gasteiger partial charge in [0.15, 0.2) is 5.16 Å². The molecule has 1 aromatic carbocycles. The Kier molecular flexibility index (Phi) is 3.75. The molecular formula is C12H8F2N2O2S. The third-order valence-corrected chi connectivity index (χ3v) is 3.18. The lowest BCUT2D eigenvalue weighted by Gasteiger charge is -2.05. The molecular weight excluding hydrogens is 274 g/mol. The molecule has 2 rings (SSSR count). The van der Waals surface area contributed by atoms with Gasteiger partial charge in [-0.05, 0) is 36.4 Å². The first-order valence-corrected chi connectivity index (χ1v) is 5.98. The largest absolute Gasteiger partial charge is 0.478 e. The van der Waals surface area contributed by atoms with E-state index in [1.54, 1.807) is 6.92 Å². The third-order valence-electron chi connectivity index (χ3n) is 2.20. The maximum atomic E-state index is 13.7. The highest BCUT2D eigenvalue weighted by molar-refractivity contribution is 7.99. The van der Waals surface area contributed by atoms with Crippen LogP contribution in [0.25, 0.3) is 0 Å². The molecule has 0 fully saturated rings. The third kappa shape index (κ3) is 3.05. The van der Waals surface area contributed by atoms with Crippen molar-refractivity contribution in [2.24, 2.45) is 0 Å². The van der Waals surface area contributed by atoms with Crippen molar-refractivity contribution in [2.75, 3.05) is 0 Å². The molecule has 2 aromatic rings.